The Labute approximate surface area is 99.4 Å². The zero-order chi connectivity index (χ0) is 12.1. The summed E-state index contributed by atoms with van der Waals surface area (Å²) in [4.78, 5) is 8.73. The molecule has 2 aromatic carbocycles. The molecule has 4 nitrogen and oxygen atoms in total. The highest BCUT2D eigenvalue weighted by molar-refractivity contribution is 7.32. The average molecular weight is 249 g/mol. The molecule has 0 bridgehead atoms. The summed E-state index contributed by atoms with van der Waals surface area (Å²) >= 11 is 0. The lowest BCUT2D eigenvalue weighted by molar-refractivity contribution is 0.393. The molecule has 0 heterocycles. The van der Waals surface area contributed by atoms with E-state index in [0.29, 0.717) is 11.5 Å². The first-order valence-electron chi connectivity index (χ1n) is 4.92. The Morgan fingerprint density at radius 3 is 2.12 bits per heavy atom. The molecule has 0 aliphatic heterocycles. The van der Waals surface area contributed by atoms with E-state index in [1.54, 1.807) is 36.4 Å². The Bertz CT molecular complexity index is 513. The number of benzene rings is 2. The largest absolute Gasteiger partial charge is 0.747 e. The predicted molar refractivity (Wildman–Crippen MR) is 63.4 cm³/mol. The average Bonchev–Trinajstić information content (AvgIpc) is 2.32. The van der Waals surface area contributed by atoms with Crippen LogP contribution in [0.3, 0.4) is 0 Å². The second kappa shape index (κ2) is 5.43. The van der Waals surface area contributed by atoms with Gasteiger partial charge in [-0.1, -0.05) is 30.3 Å². The van der Waals surface area contributed by atoms with Crippen LogP contribution in [0.1, 0.15) is 0 Å². The predicted octanol–water partition coefficient (Wildman–Crippen LogP) is 3.51. The minimum Gasteiger partial charge on any atom is -0.453 e. The Morgan fingerprint density at radius 2 is 1.47 bits per heavy atom. The minimum absolute atomic E-state index is 0.236. The Hall–Kier alpha value is -1.90. The van der Waals surface area contributed by atoms with Gasteiger partial charge in [0, 0.05) is 4.57 Å². The molecule has 0 saturated carbocycles. The lowest BCUT2D eigenvalue weighted by Crippen LogP contribution is -1.88. The van der Waals surface area contributed by atoms with Gasteiger partial charge in [0.05, 0.1) is 0 Å². The highest BCUT2D eigenvalue weighted by atomic mass is 31.1. The minimum atomic E-state index is -2.70. The molecular weight excluding hydrogens is 239 g/mol. The van der Waals surface area contributed by atoms with Gasteiger partial charge in [0.25, 0.3) is 0 Å². The SMILES string of the molecule is O=[P+](O)Oc1ccccc1Oc1ccccc1. The Balaban J connectivity index is 2.23. The summed E-state index contributed by atoms with van der Waals surface area (Å²) in [6.07, 6.45) is 0. The molecule has 1 atom stereocenters. The molecule has 0 radical (unpaired) electrons. The van der Waals surface area contributed by atoms with Gasteiger partial charge in [-0.3, -0.25) is 0 Å². The fourth-order valence-corrected chi connectivity index (χ4v) is 1.63. The monoisotopic (exact) mass is 249 g/mol. The molecule has 0 fully saturated rings. The third-order valence-electron chi connectivity index (χ3n) is 2.00. The second-order valence-corrected chi connectivity index (χ2v) is 3.85. The summed E-state index contributed by atoms with van der Waals surface area (Å²) in [6.45, 7) is 0. The van der Waals surface area contributed by atoms with Crippen LogP contribution in [-0.4, -0.2) is 4.89 Å². The topological polar surface area (TPSA) is 55.8 Å². The molecule has 2 aromatic rings. The highest BCUT2D eigenvalue weighted by Gasteiger charge is 2.18. The lowest BCUT2D eigenvalue weighted by atomic mass is 10.3. The molecular formula is C12H10O4P+. The highest BCUT2D eigenvalue weighted by Crippen LogP contribution is 2.35. The van der Waals surface area contributed by atoms with Crippen LogP contribution in [0.25, 0.3) is 0 Å². The summed E-state index contributed by atoms with van der Waals surface area (Å²) < 4.78 is 20.9. The fraction of sp³-hybridized carbons (Fsp3) is 0. The molecule has 0 aliphatic rings. The van der Waals surface area contributed by atoms with Crippen LogP contribution < -0.4 is 9.26 Å². The maximum absolute atomic E-state index is 10.6. The first-order valence-corrected chi connectivity index (χ1v) is 6.05. The zero-order valence-electron chi connectivity index (χ0n) is 8.82. The normalized spacial score (nSPS) is 10.8. The third kappa shape index (κ3) is 3.28. The molecule has 2 rings (SSSR count). The molecule has 0 saturated heterocycles. The van der Waals surface area contributed by atoms with Crippen LogP contribution >= 0.6 is 8.25 Å². The van der Waals surface area contributed by atoms with E-state index in [9.17, 15) is 4.57 Å². The summed E-state index contributed by atoms with van der Waals surface area (Å²) in [5.41, 5.74) is 0. The van der Waals surface area contributed by atoms with Gasteiger partial charge in [0.2, 0.25) is 5.75 Å². The molecule has 1 unspecified atom stereocenters. The van der Waals surface area contributed by atoms with Gasteiger partial charge in [-0.05, 0) is 24.3 Å². The van der Waals surface area contributed by atoms with Gasteiger partial charge in [0.1, 0.15) is 5.75 Å². The maximum Gasteiger partial charge on any atom is 0.747 e. The van der Waals surface area contributed by atoms with E-state index >= 15 is 0 Å². The molecule has 5 heteroatoms. The van der Waals surface area contributed by atoms with Crippen LogP contribution in [0.15, 0.2) is 54.6 Å². The van der Waals surface area contributed by atoms with Crippen molar-refractivity contribution in [1.29, 1.82) is 0 Å². The van der Waals surface area contributed by atoms with Crippen molar-refractivity contribution in [3.63, 3.8) is 0 Å². The van der Waals surface area contributed by atoms with E-state index in [4.69, 9.17) is 14.2 Å². The van der Waals surface area contributed by atoms with Crippen molar-refractivity contribution in [3.05, 3.63) is 54.6 Å². The molecule has 17 heavy (non-hydrogen) atoms. The number of hydrogen-bond donors (Lipinski definition) is 1. The van der Waals surface area contributed by atoms with Gasteiger partial charge in [0.15, 0.2) is 5.75 Å². The van der Waals surface area contributed by atoms with Gasteiger partial charge in [-0.25, -0.2) is 4.52 Å². The van der Waals surface area contributed by atoms with Crippen molar-refractivity contribution in [1.82, 2.24) is 0 Å². The van der Waals surface area contributed by atoms with Crippen molar-refractivity contribution in [2.24, 2.45) is 0 Å². The van der Waals surface area contributed by atoms with Gasteiger partial charge < -0.3 is 4.74 Å². The molecule has 0 aliphatic carbocycles. The summed E-state index contributed by atoms with van der Waals surface area (Å²) in [6, 6.07) is 15.8. The summed E-state index contributed by atoms with van der Waals surface area (Å²) in [5, 5.41) is 0. The number of rotatable bonds is 4. The van der Waals surface area contributed by atoms with E-state index in [0.717, 1.165) is 0 Å². The lowest BCUT2D eigenvalue weighted by Gasteiger charge is -2.06. The van der Waals surface area contributed by atoms with Crippen LogP contribution in [0.4, 0.5) is 0 Å². The molecule has 1 N–H and O–H groups in total. The first-order chi connectivity index (χ1) is 8.25. The van der Waals surface area contributed by atoms with E-state index in [2.05, 4.69) is 0 Å². The van der Waals surface area contributed by atoms with Crippen molar-refractivity contribution in [2.45, 2.75) is 0 Å². The van der Waals surface area contributed by atoms with E-state index in [1.807, 2.05) is 18.2 Å². The Morgan fingerprint density at radius 1 is 0.882 bits per heavy atom. The zero-order valence-corrected chi connectivity index (χ0v) is 9.71. The second-order valence-electron chi connectivity index (χ2n) is 3.19. The van der Waals surface area contributed by atoms with Crippen LogP contribution in [0.2, 0.25) is 0 Å². The van der Waals surface area contributed by atoms with Gasteiger partial charge in [-0.15, -0.1) is 4.89 Å². The fourth-order valence-electron chi connectivity index (χ4n) is 1.31. The molecule has 86 valence electrons. The van der Waals surface area contributed by atoms with E-state index in [-0.39, 0.29) is 5.75 Å². The van der Waals surface area contributed by atoms with Gasteiger partial charge >= 0.3 is 8.25 Å². The number of hydrogen-bond acceptors (Lipinski definition) is 3. The summed E-state index contributed by atoms with van der Waals surface area (Å²) in [7, 11) is -2.70. The maximum atomic E-state index is 10.6. The van der Waals surface area contributed by atoms with Gasteiger partial charge in [-0.2, -0.15) is 0 Å². The van der Waals surface area contributed by atoms with E-state index < -0.39 is 8.25 Å². The standard InChI is InChI=1S/C12H9O4P/c13-17(14)16-12-9-5-4-8-11(12)15-10-6-2-1-3-7-10/h1-9H/p+1. The van der Waals surface area contributed by atoms with E-state index in [1.165, 1.54) is 0 Å². The number of para-hydroxylation sites is 3. The smallest absolute Gasteiger partial charge is 0.453 e. The first kappa shape index (κ1) is 11.6. The van der Waals surface area contributed by atoms with Crippen molar-refractivity contribution in [2.75, 3.05) is 0 Å². The number of ether oxygens (including phenoxy) is 1. The van der Waals surface area contributed by atoms with Crippen molar-refractivity contribution >= 4 is 8.25 Å². The molecule has 0 aromatic heterocycles. The Kier molecular flexibility index (Phi) is 3.70. The third-order valence-corrected chi connectivity index (χ3v) is 2.35. The molecule has 0 spiro atoms. The van der Waals surface area contributed by atoms with Crippen LogP contribution in [0, 0.1) is 0 Å². The van der Waals surface area contributed by atoms with Crippen LogP contribution in [0.5, 0.6) is 17.2 Å². The van der Waals surface area contributed by atoms with Crippen molar-refractivity contribution < 1.29 is 18.7 Å². The quantitative estimate of drug-likeness (QED) is 0.842. The molecule has 0 amide bonds. The summed E-state index contributed by atoms with van der Waals surface area (Å²) in [5.74, 6) is 1.27. The van der Waals surface area contributed by atoms with Crippen LogP contribution in [-0.2, 0) is 4.57 Å². The van der Waals surface area contributed by atoms with Crippen molar-refractivity contribution in [3.8, 4) is 17.2 Å².